The van der Waals surface area contributed by atoms with Crippen molar-refractivity contribution >= 4 is 69.3 Å². The number of fused-ring (bicyclic) bond motifs is 8. The van der Waals surface area contributed by atoms with E-state index in [0.717, 1.165) is 102 Å². The van der Waals surface area contributed by atoms with Gasteiger partial charge in [0, 0.05) is 12.1 Å². The third-order valence-electron chi connectivity index (χ3n) is 19.4. The van der Waals surface area contributed by atoms with Crippen molar-refractivity contribution in [2.75, 3.05) is 41.1 Å². The summed E-state index contributed by atoms with van der Waals surface area (Å²) in [7, 11) is 0. The third kappa shape index (κ3) is 14.3. The Balaban J connectivity index is 0.000000186. The molecule has 4 N–H and O–H groups in total. The number of benzene rings is 2. The van der Waals surface area contributed by atoms with Gasteiger partial charge in [-0.1, -0.05) is 76.6 Å². The minimum Gasteiger partial charge on any atom is -0.459 e. The first-order valence-electron chi connectivity index (χ1n) is 29.7. The number of hydrogen-bond acceptors (Lipinski definition) is 11. The monoisotopic (exact) mass is 1070 g/mol. The number of hydrogen-bond donors (Lipinski definition) is 3. The van der Waals surface area contributed by atoms with Crippen molar-refractivity contribution in [3.8, 4) is 0 Å². The molecular formula is C62H89ClN4O9. The number of nitrogens with one attached hydrogen (secondary N) is 2. The highest BCUT2D eigenvalue weighted by atomic mass is 35.5. The van der Waals surface area contributed by atoms with Gasteiger partial charge < -0.3 is 30.6 Å². The number of esters is 3. The van der Waals surface area contributed by atoms with Crippen LogP contribution in [0.2, 0.25) is 0 Å². The van der Waals surface area contributed by atoms with Crippen molar-refractivity contribution in [2.45, 2.75) is 175 Å². The number of ether oxygens (including phenoxy) is 3. The number of amides is 2. The molecule has 10 rings (SSSR count). The van der Waals surface area contributed by atoms with Crippen LogP contribution in [0.4, 0.5) is 22.7 Å². The number of nitrogen functional groups attached to an aromatic ring is 1. The summed E-state index contributed by atoms with van der Waals surface area (Å²) in [5.41, 5.74) is 8.96. The van der Waals surface area contributed by atoms with Gasteiger partial charge in [-0.05, 0) is 229 Å². The van der Waals surface area contributed by atoms with Crippen LogP contribution < -0.4 is 21.3 Å². The van der Waals surface area contributed by atoms with Crippen LogP contribution in [-0.4, -0.2) is 66.9 Å². The first-order chi connectivity index (χ1) is 36.6. The molecule has 2 amide bonds. The normalized spacial score (nSPS) is 33.9. The molecule has 0 aromatic heterocycles. The molecule has 0 radical (unpaired) electrons. The van der Waals surface area contributed by atoms with Gasteiger partial charge in [-0.2, -0.15) is 0 Å². The Morgan fingerprint density at radius 1 is 0.539 bits per heavy atom. The molecule has 0 heterocycles. The number of anilines is 4. The highest BCUT2D eigenvalue weighted by Crippen LogP contribution is 2.58. The zero-order valence-corrected chi connectivity index (χ0v) is 47.0. The second-order valence-electron chi connectivity index (χ2n) is 24.7. The second-order valence-corrected chi connectivity index (χ2v) is 25.1. The molecule has 2 aromatic rings. The molecule has 13 nitrogen and oxygen atoms in total. The van der Waals surface area contributed by atoms with Gasteiger partial charge in [0.05, 0.1) is 42.6 Å². The number of carbonyl (C=O) groups is 6. The predicted octanol–water partition coefficient (Wildman–Crippen LogP) is 12.4. The lowest BCUT2D eigenvalue weighted by Gasteiger charge is -2.54. The van der Waals surface area contributed by atoms with Crippen molar-refractivity contribution in [3.63, 3.8) is 0 Å². The van der Waals surface area contributed by atoms with Crippen molar-refractivity contribution in [1.29, 1.82) is 0 Å². The Hall–Kier alpha value is -4.65. The largest absolute Gasteiger partial charge is 0.459 e. The lowest BCUT2D eigenvalue weighted by molar-refractivity contribution is -0.153. The van der Waals surface area contributed by atoms with Crippen LogP contribution >= 0.6 is 11.6 Å². The maximum Gasteiger partial charge on any atom is 0.397 e. The van der Waals surface area contributed by atoms with Gasteiger partial charge in [-0.25, -0.2) is 14.4 Å². The van der Waals surface area contributed by atoms with Gasteiger partial charge in [0.25, 0.3) is 0 Å². The molecule has 8 saturated carbocycles. The van der Waals surface area contributed by atoms with E-state index in [4.69, 9.17) is 26.8 Å². The number of para-hydroxylation sites is 4. The number of rotatable bonds is 11. The summed E-state index contributed by atoms with van der Waals surface area (Å²) in [6, 6.07) is 15.6. The number of halogens is 1. The highest BCUT2D eigenvalue weighted by Gasteiger charge is 2.50. The Labute approximate surface area is 458 Å². The third-order valence-corrected chi connectivity index (χ3v) is 19.5. The molecule has 8 bridgehead atoms. The number of nitrogens with zero attached hydrogens (tertiary/aromatic N) is 1. The lowest BCUT2D eigenvalue weighted by Crippen LogP contribution is -2.53. The Morgan fingerprint density at radius 2 is 0.974 bits per heavy atom. The van der Waals surface area contributed by atoms with E-state index in [1.54, 1.807) is 69.2 Å². The smallest absolute Gasteiger partial charge is 0.397 e. The van der Waals surface area contributed by atoms with Crippen molar-refractivity contribution in [3.05, 3.63) is 48.5 Å². The van der Waals surface area contributed by atoms with Gasteiger partial charge in [-0.3, -0.25) is 19.3 Å². The van der Waals surface area contributed by atoms with Gasteiger partial charge in [0.1, 0.15) is 0 Å². The van der Waals surface area contributed by atoms with E-state index in [9.17, 15) is 28.8 Å². The van der Waals surface area contributed by atoms with E-state index < -0.39 is 35.0 Å². The van der Waals surface area contributed by atoms with Gasteiger partial charge in [-0.15, -0.1) is 0 Å². The van der Waals surface area contributed by atoms with Crippen LogP contribution in [0.1, 0.15) is 163 Å². The van der Waals surface area contributed by atoms with Crippen molar-refractivity contribution in [1.82, 2.24) is 0 Å². The first-order valence-corrected chi connectivity index (χ1v) is 30.0. The Bertz CT molecular complexity index is 2270. The van der Waals surface area contributed by atoms with Gasteiger partial charge in [0.2, 0.25) is 0 Å². The molecule has 14 heteroatoms. The standard InChI is InChI=1S/C33H46N2O6.C25H38N2.C4H5ClO3/c1-4-40-32(38)30(36)34-27-11-6-7-12-28(27)35(31(37)33(39)41-5-2)26-18-23-9-8-10-24(19-26)29(23)25-16-21-13-20(3)14-22(15-21)17-25;1-16-9-17-11-18(10-16)13-21(12-17)25-19-5-4-6-20(25)15-22(14-19)27-24-8-3-2-7-23(24)26;1-2-8-4(7)3(5)6/h6-7,11-12,20-26,29H,4-5,8-10,13-19H2,1-3H3,(H,34,36);2-3,7-8,16-22,25,27H,4-6,9-15,26H2,1H3;2H2,1H3/t20?,21-,22+,23-,24+,25?,26?,29?;16?,17-,18+,19-,20+,21?,22?,25?;. The predicted molar refractivity (Wildman–Crippen MR) is 298 cm³/mol. The van der Waals surface area contributed by atoms with Crippen LogP contribution in [0.3, 0.4) is 0 Å². The number of nitrogens with two attached hydrogens (primary N) is 1. The second kappa shape index (κ2) is 26.8. The van der Waals surface area contributed by atoms with Crippen LogP contribution in [-0.2, 0) is 43.0 Å². The fraction of sp³-hybridized carbons (Fsp3) is 0.710. The zero-order chi connectivity index (χ0) is 54.0. The molecule has 76 heavy (non-hydrogen) atoms. The topological polar surface area (TPSA) is 183 Å². The minimum absolute atomic E-state index is 0.0783. The first kappa shape index (κ1) is 57.5. The maximum absolute atomic E-state index is 13.7. The zero-order valence-electron chi connectivity index (χ0n) is 46.2. The molecule has 8 unspecified atom stereocenters. The summed E-state index contributed by atoms with van der Waals surface area (Å²) < 4.78 is 14.2. The maximum atomic E-state index is 13.7. The van der Waals surface area contributed by atoms with E-state index in [-0.39, 0.29) is 25.9 Å². The Kier molecular flexibility index (Phi) is 20.3. The molecule has 16 atom stereocenters. The van der Waals surface area contributed by atoms with Crippen molar-refractivity contribution in [2.24, 2.45) is 82.9 Å². The van der Waals surface area contributed by atoms with E-state index in [1.807, 2.05) is 12.1 Å². The summed E-state index contributed by atoms with van der Waals surface area (Å²) in [6.45, 7) is 10.2. The molecule has 418 valence electrons. The summed E-state index contributed by atoms with van der Waals surface area (Å²) in [6.07, 6.45) is 26.9. The molecule has 8 aliphatic rings. The Morgan fingerprint density at radius 3 is 1.43 bits per heavy atom. The fourth-order valence-electron chi connectivity index (χ4n) is 17.5. The molecule has 8 fully saturated rings. The van der Waals surface area contributed by atoms with E-state index in [1.165, 1.54) is 83.5 Å². The average Bonchev–Trinajstić information content (AvgIpc) is 3.37. The minimum atomic E-state index is -1.08. The summed E-state index contributed by atoms with van der Waals surface area (Å²) in [4.78, 5) is 72.6. The number of carbonyl (C=O) groups excluding carboxylic acids is 6. The van der Waals surface area contributed by atoms with Crippen molar-refractivity contribution < 1.29 is 43.0 Å². The molecule has 8 aliphatic carbocycles. The lowest BCUT2D eigenvalue weighted by atomic mass is 9.53. The van der Waals surface area contributed by atoms with Gasteiger partial charge in [0.15, 0.2) is 0 Å². The van der Waals surface area contributed by atoms with Crippen LogP contribution in [0.25, 0.3) is 0 Å². The summed E-state index contributed by atoms with van der Waals surface area (Å²) in [5.74, 6) is 7.57. The molecule has 0 spiro atoms. The molecule has 2 aromatic carbocycles. The van der Waals surface area contributed by atoms with Gasteiger partial charge >= 0.3 is 35.0 Å². The quantitative estimate of drug-likeness (QED) is 0.0640. The van der Waals surface area contributed by atoms with E-state index in [0.29, 0.717) is 35.2 Å². The van der Waals surface area contributed by atoms with Crippen LogP contribution in [0.5, 0.6) is 0 Å². The molecular weight excluding hydrogens is 980 g/mol. The fourth-order valence-corrected chi connectivity index (χ4v) is 17.5. The molecule has 0 aliphatic heterocycles. The van der Waals surface area contributed by atoms with Crippen LogP contribution in [0.15, 0.2) is 48.5 Å². The average molecular weight is 1070 g/mol. The van der Waals surface area contributed by atoms with E-state index >= 15 is 0 Å². The van der Waals surface area contributed by atoms with E-state index in [2.05, 4.69) is 41.4 Å². The highest BCUT2D eigenvalue weighted by molar-refractivity contribution is 6.80. The summed E-state index contributed by atoms with van der Waals surface area (Å²) in [5, 5.41) is 5.36. The SMILES string of the molecule is CC1C[C@@H]2CC(C3[C@@H]4CCC[C@H]3CC(Nc3ccccc3N)C4)C[C@H](C1)C2.CCOC(=O)C(=O)Cl.CCOC(=O)C(=O)Nc1ccccc1N(C(=O)C(=O)OCC)C1C[C@H]2CCC[C@@H](C1)C2C1C[C@H]2CC(C)C[C@@H](C1)C2. The summed E-state index contributed by atoms with van der Waals surface area (Å²) >= 11 is 4.69. The van der Waals surface area contributed by atoms with Crippen LogP contribution in [0, 0.1) is 82.9 Å². The molecule has 0 saturated heterocycles.